The normalized spacial score (nSPS) is 18.8. The minimum atomic E-state index is -3.05. The Hall–Kier alpha value is -1.35. The van der Waals surface area contributed by atoms with Crippen LogP contribution in [0.2, 0.25) is 0 Å². The maximum absolute atomic E-state index is 12.8. The third-order valence-corrected chi connectivity index (χ3v) is 7.04. The second-order valence-electron chi connectivity index (χ2n) is 6.64. The first kappa shape index (κ1) is 21.0. The van der Waals surface area contributed by atoms with Crippen molar-refractivity contribution in [3.05, 3.63) is 21.6 Å². The Morgan fingerprint density at radius 2 is 2.15 bits per heavy atom. The van der Waals surface area contributed by atoms with Crippen LogP contribution in [0.5, 0.6) is 0 Å². The molecule has 0 radical (unpaired) electrons. The summed E-state index contributed by atoms with van der Waals surface area (Å²) < 4.78 is 23.6. The number of unbranched alkanes of at least 4 members (excludes halogenated alkanes) is 1. The fourth-order valence-electron chi connectivity index (χ4n) is 3.21. The van der Waals surface area contributed by atoms with Gasteiger partial charge in [-0.25, -0.2) is 13.4 Å². The fourth-order valence-corrected chi connectivity index (χ4v) is 5.37. The van der Waals surface area contributed by atoms with Gasteiger partial charge in [0.25, 0.3) is 5.56 Å². The van der Waals surface area contributed by atoms with E-state index in [1.807, 2.05) is 13.2 Å². The summed E-state index contributed by atoms with van der Waals surface area (Å²) >= 11 is 1.36. The minimum absolute atomic E-state index is 0.0477. The van der Waals surface area contributed by atoms with Crippen LogP contribution in [0.25, 0.3) is 0 Å². The molecular weight excluding hydrogens is 374 g/mol. The highest BCUT2D eigenvalue weighted by atomic mass is 32.2. The van der Waals surface area contributed by atoms with Crippen molar-refractivity contribution in [3.63, 3.8) is 0 Å². The molecule has 1 N–H and O–H groups in total. The largest absolute Gasteiger partial charge is 0.339 e. The van der Waals surface area contributed by atoms with Crippen molar-refractivity contribution in [2.75, 3.05) is 24.3 Å². The summed E-state index contributed by atoms with van der Waals surface area (Å²) in [4.78, 5) is 33.7. The van der Waals surface area contributed by atoms with Crippen LogP contribution in [0, 0.1) is 6.92 Å². The Bertz CT molecular complexity index is 805. The molecule has 9 heteroatoms. The number of nitrogens with zero attached hydrogens (tertiary/aromatic N) is 2. The lowest BCUT2D eigenvalue weighted by atomic mass is 10.1. The molecule has 7 nitrogen and oxygen atoms in total. The Balaban J connectivity index is 2.09. The van der Waals surface area contributed by atoms with Gasteiger partial charge in [-0.1, -0.05) is 25.1 Å². The van der Waals surface area contributed by atoms with Gasteiger partial charge < -0.3 is 9.88 Å². The van der Waals surface area contributed by atoms with Crippen molar-refractivity contribution < 1.29 is 13.2 Å². The Morgan fingerprint density at radius 3 is 2.69 bits per heavy atom. The van der Waals surface area contributed by atoms with Crippen molar-refractivity contribution in [3.8, 4) is 0 Å². The zero-order valence-electron chi connectivity index (χ0n) is 15.6. The Labute approximate surface area is 158 Å². The topological polar surface area (TPSA) is 100 Å². The highest BCUT2D eigenvalue weighted by Crippen LogP contribution is 2.20. The second-order valence-corrected chi connectivity index (χ2v) is 9.66. The number of nitrogens with one attached hydrogen (secondary N) is 1. The van der Waals surface area contributed by atoms with Gasteiger partial charge in [0, 0.05) is 30.3 Å². The number of hydrogen-bond donors (Lipinski definition) is 1. The van der Waals surface area contributed by atoms with Crippen LogP contribution >= 0.6 is 11.8 Å². The molecule has 0 saturated carbocycles. The molecule has 1 saturated heterocycles. The van der Waals surface area contributed by atoms with E-state index in [0.717, 1.165) is 12.8 Å². The first-order chi connectivity index (χ1) is 12.3. The molecule has 1 aliphatic heterocycles. The zero-order valence-corrected chi connectivity index (χ0v) is 17.2. The highest BCUT2D eigenvalue weighted by molar-refractivity contribution is 7.98. The molecule has 1 aromatic rings. The van der Waals surface area contributed by atoms with Crippen LogP contribution in [-0.4, -0.2) is 59.5 Å². The molecule has 146 valence electrons. The molecule has 26 heavy (non-hydrogen) atoms. The van der Waals surface area contributed by atoms with E-state index in [1.54, 1.807) is 11.8 Å². The summed E-state index contributed by atoms with van der Waals surface area (Å²) in [5.41, 5.74) is 0.943. The average molecular weight is 402 g/mol. The first-order valence-corrected chi connectivity index (χ1v) is 12.0. The predicted octanol–water partition coefficient (Wildman–Crippen LogP) is 1.55. The lowest BCUT2D eigenvalue weighted by Crippen LogP contribution is -2.42. The fraction of sp³-hybridized carbons (Fsp3) is 0.706. The van der Waals surface area contributed by atoms with E-state index in [1.165, 1.54) is 11.8 Å². The third-order valence-electron chi connectivity index (χ3n) is 4.70. The monoisotopic (exact) mass is 401 g/mol. The van der Waals surface area contributed by atoms with Gasteiger partial charge in [0.05, 0.1) is 11.5 Å². The van der Waals surface area contributed by atoms with E-state index in [4.69, 9.17) is 0 Å². The molecule has 2 rings (SSSR count). The minimum Gasteiger partial charge on any atom is -0.339 e. The lowest BCUT2D eigenvalue weighted by Gasteiger charge is -2.28. The summed E-state index contributed by atoms with van der Waals surface area (Å²) in [6.45, 7) is 4.37. The van der Waals surface area contributed by atoms with Crippen LogP contribution in [-0.2, 0) is 21.1 Å². The number of aryl methyl sites for hydroxylation is 1. The summed E-state index contributed by atoms with van der Waals surface area (Å²) in [5.74, 6) is 0.103. The number of H-pyrrole nitrogens is 1. The van der Waals surface area contributed by atoms with Crippen molar-refractivity contribution in [2.45, 2.75) is 57.1 Å². The first-order valence-electron chi connectivity index (χ1n) is 8.91. The van der Waals surface area contributed by atoms with Gasteiger partial charge in [0.15, 0.2) is 15.0 Å². The Kier molecular flexibility index (Phi) is 7.28. The van der Waals surface area contributed by atoms with E-state index in [0.29, 0.717) is 35.8 Å². The number of thioether (sulfide) groups is 1. The summed E-state index contributed by atoms with van der Waals surface area (Å²) in [5, 5.41) is 0.559. The lowest BCUT2D eigenvalue weighted by molar-refractivity contribution is -0.133. The molecule has 0 aliphatic carbocycles. The van der Waals surface area contributed by atoms with Crippen molar-refractivity contribution in [1.29, 1.82) is 0 Å². The number of carbonyl (C=O) groups is 1. The van der Waals surface area contributed by atoms with Crippen molar-refractivity contribution in [1.82, 2.24) is 14.9 Å². The number of aromatic amines is 1. The number of sulfone groups is 1. The summed E-state index contributed by atoms with van der Waals surface area (Å²) in [7, 11) is -3.05. The maximum Gasteiger partial charge on any atom is 0.254 e. The SMILES string of the molecule is CCCCN(C(=O)CCc1c(C)nc(SC)[nH]c1=O)C1CCS(=O)(=O)C1. The quantitative estimate of drug-likeness (QED) is 0.524. The van der Waals surface area contributed by atoms with Crippen LogP contribution in [0.15, 0.2) is 9.95 Å². The molecule has 2 heterocycles. The molecule has 0 aromatic carbocycles. The second kappa shape index (κ2) is 9.03. The van der Waals surface area contributed by atoms with Crippen LogP contribution in [0.4, 0.5) is 0 Å². The van der Waals surface area contributed by atoms with Crippen molar-refractivity contribution in [2.24, 2.45) is 0 Å². The average Bonchev–Trinajstić information content (AvgIpc) is 2.93. The van der Waals surface area contributed by atoms with E-state index in [2.05, 4.69) is 9.97 Å². The smallest absolute Gasteiger partial charge is 0.254 e. The van der Waals surface area contributed by atoms with Gasteiger partial charge in [-0.3, -0.25) is 9.59 Å². The maximum atomic E-state index is 12.8. The predicted molar refractivity (Wildman–Crippen MR) is 103 cm³/mol. The molecule has 1 unspecified atom stereocenters. The molecule has 1 aromatic heterocycles. The van der Waals surface area contributed by atoms with Gasteiger partial charge in [-0.15, -0.1) is 0 Å². The molecule has 1 fully saturated rings. The molecule has 1 atom stereocenters. The van der Waals surface area contributed by atoms with Gasteiger partial charge in [0.1, 0.15) is 0 Å². The van der Waals surface area contributed by atoms with E-state index in [9.17, 15) is 18.0 Å². The standard InChI is InChI=1S/C17H27N3O4S2/c1-4-5-9-20(13-8-10-26(23,24)11-13)15(21)7-6-14-12(2)18-17(25-3)19-16(14)22/h13H,4-11H2,1-3H3,(H,18,19,22). The highest BCUT2D eigenvalue weighted by Gasteiger charge is 2.34. The molecule has 0 bridgehead atoms. The summed E-state index contributed by atoms with van der Waals surface area (Å²) in [6, 6.07) is -0.240. The van der Waals surface area contributed by atoms with Gasteiger partial charge in [-0.2, -0.15) is 0 Å². The van der Waals surface area contributed by atoms with Crippen LogP contribution in [0.1, 0.15) is 43.9 Å². The number of carbonyl (C=O) groups excluding carboxylic acids is 1. The van der Waals surface area contributed by atoms with Crippen molar-refractivity contribution >= 4 is 27.5 Å². The van der Waals surface area contributed by atoms with Gasteiger partial charge >= 0.3 is 0 Å². The number of rotatable bonds is 8. The number of hydrogen-bond acceptors (Lipinski definition) is 6. The van der Waals surface area contributed by atoms with Gasteiger partial charge in [0.2, 0.25) is 5.91 Å². The molecule has 1 aliphatic rings. The third kappa shape index (κ3) is 5.33. The molecule has 1 amide bonds. The molecular formula is C17H27N3O4S2. The number of aromatic nitrogens is 2. The Morgan fingerprint density at radius 1 is 1.42 bits per heavy atom. The van der Waals surface area contributed by atoms with E-state index < -0.39 is 9.84 Å². The van der Waals surface area contributed by atoms with E-state index in [-0.39, 0.29) is 35.4 Å². The van der Waals surface area contributed by atoms with Crippen LogP contribution in [0.3, 0.4) is 0 Å². The molecule has 0 spiro atoms. The van der Waals surface area contributed by atoms with E-state index >= 15 is 0 Å². The zero-order chi connectivity index (χ0) is 19.3. The number of amides is 1. The van der Waals surface area contributed by atoms with Gasteiger partial charge in [-0.05, 0) is 32.4 Å². The van der Waals surface area contributed by atoms with Crippen LogP contribution < -0.4 is 5.56 Å². The summed E-state index contributed by atoms with van der Waals surface area (Å²) in [6.07, 6.45) is 4.60.